The second kappa shape index (κ2) is 6.08. The Morgan fingerprint density at radius 1 is 1.26 bits per heavy atom. The fraction of sp³-hybridized carbons (Fsp3) is 0.0714. The number of hydrogen-bond donors (Lipinski definition) is 2. The van der Waals surface area contributed by atoms with Crippen LogP contribution >= 0.6 is 27.5 Å². The van der Waals surface area contributed by atoms with E-state index in [0.717, 1.165) is 10.0 Å². The number of hydrogen-bond acceptors (Lipinski definition) is 2. The number of carboxylic acids is 1. The Morgan fingerprint density at radius 2 is 2.05 bits per heavy atom. The largest absolute Gasteiger partial charge is 0.478 e. The minimum atomic E-state index is -0.986. The van der Waals surface area contributed by atoms with E-state index in [1.165, 1.54) is 12.1 Å². The molecule has 19 heavy (non-hydrogen) atoms. The SMILES string of the molecule is O=C(O)c1ccc(NCc2cccc(Br)c2)c(Cl)c1. The number of rotatable bonds is 4. The van der Waals surface area contributed by atoms with E-state index in [1.807, 2.05) is 24.3 Å². The number of halogens is 2. The van der Waals surface area contributed by atoms with Crippen molar-refractivity contribution < 1.29 is 9.90 Å². The van der Waals surface area contributed by atoms with Crippen molar-refractivity contribution in [3.05, 3.63) is 63.1 Å². The van der Waals surface area contributed by atoms with Gasteiger partial charge >= 0.3 is 5.97 Å². The van der Waals surface area contributed by atoms with Crippen molar-refractivity contribution in [2.24, 2.45) is 0 Å². The maximum Gasteiger partial charge on any atom is 0.335 e. The summed E-state index contributed by atoms with van der Waals surface area (Å²) < 4.78 is 1.01. The number of carboxylic acid groups (broad SMARTS) is 1. The Labute approximate surface area is 124 Å². The van der Waals surface area contributed by atoms with Crippen molar-refractivity contribution in [3.63, 3.8) is 0 Å². The van der Waals surface area contributed by atoms with E-state index in [-0.39, 0.29) is 5.56 Å². The van der Waals surface area contributed by atoms with Gasteiger partial charge in [-0.2, -0.15) is 0 Å². The molecule has 0 saturated carbocycles. The van der Waals surface area contributed by atoms with Gasteiger partial charge < -0.3 is 10.4 Å². The summed E-state index contributed by atoms with van der Waals surface area (Å²) in [6.45, 7) is 0.617. The van der Waals surface area contributed by atoms with E-state index in [0.29, 0.717) is 17.3 Å². The zero-order valence-corrected chi connectivity index (χ0v) is 12.2. The minimum absolute atomic E-state index is 0.179. The molecule has 0 aromatic heterocycles. The van der Waals surface area contributed by atoms with Gasteiger partial charge in [0.2, 0.25) is 0 Å². The molecular weight excluding hydrogens is 330 g/mol. The summed E-state index contributed by atoms with van der Waals surface area (Å²) in [5.41, 5.74) is 2.00. The van der Waals surface area contributed by atoms with Crippen LogP contribution in [0.15, 0.2) is 46.9 Å². The van der Waals surface area contributed by atoms with E-state index in [2.05, 4.69) is 21.2 Å². The third-order valence-electron chi connectivity index (χ3n) is 2.59. The topological polar surface area (TPSA) is 49.3 Å². The molecule has 0 heterocycles. The predicted octanol–water partition coefficient (Wildman–Crippen LogP) is 4.41. The molecule has 0 amide bonds. The molecule has 0 spiro atoms. The number of nitrogens with one attached hydrogen (secondary N) is 1. The molecule has 0 bridgehead atoms. The van der Waals surface area contributed by atoms with Gasteiger partial charge in [0.05, 0.1) is 16.3 Å². The molecule has 2 N–H and O–H groups in total. The second-order valence-corrected chi connectivity index (χ2v) is 5.31. The molecule has 2 aromatic carbocycles. The molecular formula is C14H11BrClNO2. The lowest BCUT2D eigenvalue weighted by Gasteiger charge is -2.09. The van der Waals surface area contributed by atoms with Crippen molar-refractivity contribution >= 4 is 39.2 Å². The van der Waals surface area contributed by atoms with Gasteiger partial charge in [0.1, 0.15) is 0 Å². The van der Waals surface area contributed by atoms with E-state index in [4.69, 9.17) is 16.7 Å². The van der Waals surface area contributed by atoms with Crippen molar-refractivity contribution in [1.82, 2.24) is 0 Å². The zero-order chi connectivity index (χ0) is 13.8. The first-order chi connectivity index (χ1) is 9.06. The monoisotopic (exact) mass is 339 g/mol. The fourth-order valence-corrected chi connectivity index (χ4v) is 2.33. The highest BCUT2D eigenvalue weighted by Crippen LogP contribution is 2.24. The normalized spacial score (nSPS) is 10.2. The lowest BCUT2D eigenvalue weighted by atomic mass is 10.2. The highest BCUT2D eigenvalue weighted by atomic mass is 79.9. The fourth-order valence-electron chi connectivity index (χ4n) is 1.64. The Bertz CT molecular complexity index is 616. The molecule has 0 aliphatic heterocycles. The first-order valence-corrected chi connectivity index (χ1v) is 6.74. The molecule has 0 saturated heterocycles. The number of aromatic carboxylic acids is 1. The quantitative estimate of drug-likeness (QED) is 0.866. The number of anilines is 1. The van der Waals surface area contributed by atoms with Gasteiger partial charge in [0, 0.05) is 11.0 Å². The Balaban J connectivity index is 2.10. The number of carbonyl (C=O) groups is 1. The second-order valence-electron chi connectivity index (χ2n) is 3.98. The van der Waals surface area contributed by atoms with Gasteiger partial charge in [-0.05, 0) is 35.9 Å². The first-order valence-electron chi connectivity index (χ1n) is 5.57. The smallest absolute Gasteiger partial charge is 0.335 e. The highest BCUT2D eigenvalue weighted by molar-refractivity contribution is 9.10. The molecule has 0 fully saturated rings. The van der Waals surface area contributed by atoms with Crippen LogP contribution < -0.4 is 5.32 Å². The Hall–Kier alpha value is -1.52. The first kappa shape index (κ1) is 13.9. The molecule has 98 valence electrons. The third kappa shape index (κ3) is 3.72. The van der Waals surface area contributed by atoms with Crippen LogP contribution in [-0.2, 0) is 6.54 Å². The highest BCUT2D eigenvalue weighted by Gasteiger charge is 2.06. The summed E-state index contributed by atoms with van der Waals surface area (Å²) in [6.07, 6.45) is 0. The third-order valence-corrected chi connectivity index (χ3v) is 3.39. The van der Waals surface area contributed by atoms with Crippen molar-refractivity contribution in [2.45, 2.75) is 6.54 Å². The summed E-state index contributed by atoms with van der Waals surface area (Å²) in [6, 6.07) is 12.5. The molecule has 2 rings (SSSR count). The molecule has 0 atom stereocenters. The maximum atomic E-state index is 10.8. The molecule has 0 unspecified atom stereocenters. The summed E-state index contributed by atoms with van der Waals surface area (Å²) in [5, 5.41) is 12.4. The molecule has 2 aromatic rings. The van der Waals surface area contributed by atoms with E-state index in [1.54, 1.807) is 6.07 Å². The zero-order valence-electron chi connectivity index (χ0n) is 9.86. The van der Waals surface area contributed by atoms with Crippen molar-refractivity contribution in [1.29, 1.82) is 0 Å². The van der Waals surface area contributed by atoms with Crippen LogP contribution in [0, 0.1) is 0 Å². The maximum absolute atomic E-state index is 10.8. The van der Waals surface area contributed by atoms with E-state index < -0.39 is 5.97 Å². The average Bonchev–Trinajstić information content (AvgIpc) is 2.37. The lowest BCUT2D eigenvalue weighted by molar-refractivity contribution is 0.0697. The van der Waals surface area contributed by atoms with Gasteiger partial charge in [0.25, 0.3) is 0 Å². The Morgan fingerprint density at radius 3 is 2.68 bits per heavy atom. The lowest BCUT2D eigenvalue weighted by Crippen LogP contribution is -2.02. The van der Waals surface area contributed by atoms with Crippen LogP contribution in [0.4, 0.5) is 5.69 Å². The van der Waals surface area contributed by atoms with Crippen LogP contribution in [-0.4, -0.2) is 11.1 Å². The van der Waals surface area contributed by atoms with Crippen LogP contribution in [0.5, 0.6) is 0 Å². The van der Waals surface area contributed by atoms with Crippen molar-refractivity contribution in [2.75, 3.05) is 5.32 Å². The van der Waals surface area contributed by atoms with Gasteiger partial charge in [-0.1, -0.05) is 39.7 Å². The number of benzene rings is 2. The van der Waals surface area contributed by atoms with Gasteiger partial charge in [0.15, 0.2) is 0 Å². The summed E-state index contributed by atoms with van der Waals surface area (Å²) in [7, 11) is 0. The standard InChI is InChI=1S/C14H11BrClNO2/c15-11-3-1-2-9(6-11)8-17-13-5-4-10(14(18)19)7-12(13)16/h1-7,17H,8H2,(H,18,19). The predicted molar refractivity (Wildman–Crippen MR) is 79.9 cm³/mol. The summed E-state index contributed by atoms with van der Waals surface area (Å²) in [5.74, 6) is -0.986. The molecule has 3 nitrogen and oxygen atoms in total. The van der Waals surface area contributed by atoms with Crippen LogP contribution in [0.1, 0.15) is 15.9 Å². The molecule has 0 aliphatic rings. The summed E-state index contributed by atoms with van der Waals surface area (Å²) >= 11 is 9.45. The van der Waals surface area contributed by atoms with Crippen LogP contribution in [0.25, 0.3) is 0 Å². The van der Waals surface area contributed by atoms with Gasteiger partial charge in [-0.25, -0.2) is 4.79 Å². The Kier molecular flexibility index (Phi) is 4.45. The van der Waals surface area contributed by atoms with Gasteiger partial charge in [-0.3, -0.25) is 0 Å². The summed E-state index contributed by atoms with van der Waals surface area (Å²) in [4.78, 5) is 10.8. The molecule has 0 radical (unpaired) electrons. The van der Waals surface area contributed by atoms with Crippen LogP contribution in [0.3, 0.4) is 0 Å². The van der Waals surface area contributed by atoms with E-state index in [9.17, 15) is 4.79 Å². The molecule has 5 heteroatoms. The van der Waals surface area contributed by atoms with Crippen LogP contribution in [0.2, 0.25) is 5.02 Å². The average molecular weight is 341 g/mol. The molecule has 0 aliphatic carbocycles. The van der Waals surface area contributed by atoms with Crippen molar-refractivity contribution in [3.8, 4) is 0 Å². The van der Waals surface area contributed by atoms with E-state index >= 15 is 0 Å². The minimum Gasteiger partial charge on any atom is -0.478 e. The van der Waals surface area contributed by atoms with Gasteiger partial charge in [-0.15, -0.1) is 0 Å².